The number of ether oxygens (including phenoxy) is 3. The number of nitrogens with two attached hydrogens (primary N) is 1. The van der Waals surface area contributed by atoms with Crippen LogP contribution in [-0.4, -0.2) is 31.9 Å². The first-order chi connectivity index (χ1) is 14.6. The van der Waals surface area contributed by atoms with Gasteiger partial charge in [0.15, 0.2) is 17.5 Å². The number of nitrogens with zero attached hydrogens (tertiary/aromatic N) is 1. The van der Waals surface area contributed by atoms with Crippen molar-refractivity contribution in [2.75, 3.05) is 19.2 Å². The number of hydrogen-bond acceptors (Lipinski definition) is 5. The Hall–Kier alpha value is -2.64. The molecule has 8 heteroatoms. The number of methoxy groups -OCH3 is 1. The van der Waals surface area contributed by atoms with Gasteiger partial charge in [0.05, 0.1) is 19.3 Å². The minimum atomic E-state index is 0.0950. The number of fused-ring (bicyclic) bond motifs is 1. The fraction of sp³-hybridized carbons (Fsp3) is 0.409. The van der Waals surface area contributed by atoms with Crippen LogP contribution in [0.3, 0.4) is 0 Å². The van der Waals surface area contributed by atoms with Crippen LogP contribution in [0, 0.1) is 0 Å². The SMILES string of the molecule is COc1ccc(Cl)cc1NC(=NCc1ccc2c(c1)OCO2)N[C@H]1CCCC[C@@H]1N. The van der Waals surface area contributed by atoms with Crippen LogP contribution in [0.2, 0.25) is 5.02 Å². The van der Waals surface area contributed by atoms with E-state index in [1.54, 1.807) is 13.2 Å². The fourth-order valence-corrected chi connectivity index (χ4v) is 3.92. The average molecular weight is 431 g/mol. The molecule has 7 nitrogen and oxygen atoms in total. The van der Waals surface area contributed by atoms with Gasteiger partial charge in [-0.1, -0.05) is 30.5 Å². The van der Waals surface area contributed by atoms with Gasteiger partial charge < -0.3 is 30.6 Å². The topological polar surface area (TPSA) is 90.1 Å². The minimum Gasteiger partial charge on any atom is -0.495 e. The lowest BCUT2D eigenvalue weighted by molar-refractivity contribution is 0.174. The van der Waals surface area contributed by atoms with Crippen LogP contribution < -0.4 is 30.6 Å². The van der Waals surface area contributed by atoms with Crippen molar-refractivity contribution in [2.24, 2.45) is 10.7 Å². The second kappa shape index (κ2) is 9.45. The highest BCUT2D eigenvalue weighted by Gasteiger charge is 2.23. The van der Waals surface area contributed by atoms with E-state index in [0.717, 1.165) is 42.0 Å². The van der Waals surface area contributed by atoms with Gasteiger partial charge in [0.2, 0.25) is 6.79 Å². The number of aliphatic imine (C=N–C) groups is 1. The van der Waals surface area contributed by atoms with Crippen LogP contribution in [0.1, 0.15) is 31.2 Å². The number of nitrogens with one attached hydrogen (secondary N) is 2. The van der Waals surface area contributed by atoms with Gasteiger partial charge in [-0.2, -0.15) is 0 Å². The van der Waals surface area contributed by atoms with Crippen molar-refractivity contribution in [1.82, 2.24) is 5.32 Å². The van der Waals surface area contributed by atoms with Crippen molar-refractivity contribution < 1.29 is 14.2 Å². The number of benzene rings is 2. The van der Waals surface area contributed by atoms with E-state index in [4.69, 9.17) is 36.5 Å². The fourth-order valence-electron chi connectivity index (χ4n) is 3.75. The highest BCUT2D eigenvalue weighted by Crippen LogP contribution is 2.33. The maximum atomic E-state index is 6.35. The molecule has 1 saturated carbocycles. The quantitative estimate of drug-likeness (QED) is 0.492. The Bertz CT molecular complexity index is 921. The maximum Gasteiger partial charge on any atom is 0.231 e. The van der Waals surface area contributed by atoms with E-state index in [-0.39, 0.29) is 18.9 Å². The summed E-state index contributed by atoms with van der Waals surface area (Å²) in [4.78, 5) is 4.79. The molecule has 0 aromatic heterocycles. The molecule has 0 amide bonds. The Morgan fingerprint density at radius 1 is 1.17 bits per heavy atom. The van der Waals surface area contributed by atoms with Crippen LogP contribution in [0.15, 0.2) is 41.4 Å². The summed E-state index contributed by atoms with van der Waals surface area (Å²) in [6.07, 6.45) is 4.34. The molecule has 0 unspecified atom stereocenters. The Balaban J connectivity index is 1.56. The van der Waals surface area contributed by atoms with Crippen LogP contribution >= 0.6 is 11.6 Å². The lowest BCUT2D eigenvalue weighted by atomic mass is 9.91. The van der Waals surface area contributed by atoms with Crippen LogP contribution in [0.5, 0.6) is 17.2 Å². The zero-order valence-corrected chi connectivity index (χ0v) is 17.7. The van der Waals surface area contributed by atoms with Crippen LogP contribution in [0.25, 0.3) is 0 Å². The largest absolute Gasteiger partial charge is 0.495 e. The molecular weight excluding hydrogens is 404 g/mol. The Kier molecular flexibility index (Phi) is 6.50. The van der Waals surface area contributed by atoms with Gasteiger partial charge in [-0.25, -0.2) is 4.99 Å². The molecule has 2 aromatic rings. The summed E-state index contributed by atoms with van der Waals surface area (Å²) in [5.41, 5.74) is 8.11. The number of anilines is 1. The normalized spacial score (nSPS) is 20.7. The van der Waals surface area contributed by atoms with Crippen molar-refractivity contribution in [3.8, 4) is 17.2 Å². The Morgan fingerprint density at radius 3 is 2.83 bits per heavy atom. The first-order valence-electron chi connectivity index (χ1n) is 10.2. The molecule has 160 valence electrons. The summed E-state index contributed by atoms with van der Waals surface area (Å²) >= 11 is 6.20. The van der Waals surface area contributed by atoms with Crippen molar-refractivity contribution in [1.29, 1.82) is 0 Å². The Morgan fingerprint density at radius 2 is 2.00 bits per heavy atom. The van der Waals surface area contributed by atoms with Gasteiger partial charge in [-0.05, 0) is 48.7 Å². The third-order valence-corrected chi connectivity index (χ3v) is 5.65. The molecule has 1 aliphatic carbocycles. The lowest BCUT2D eigenvalue weighted by Gasteiger charge is -2.31. The molecule has 1 heterocycles. The van der Waals surface area contributed by atoms with Gasteiger partial charge in [-0.3, -0.25) is 0 Å². The highest BCUT2D eigenvalue weighted by molar-refractivity contribution is 6.31. The zero-order valence-electron chi connectivity index (χ0n) is 17.0. The van der Waals surface area contributed by atoms with E-state index in [1.165, 1.54) is 6.42 Å². The monoisotopic (exact) mass is 430 g/mol. The summed E-state index contributed by atoms with van der Waals surface area (Å²) in [7, 11) is 1.63. The lowest BCUT2D eigenvalue weighted by Crippen LogP contribution is -2.51. The summed E-state index contributed by atoms with van der Waals surface area (Å²) < 4.78 is 16.3. The first kappa shape index (κ1) is 20.6. The van der Waals surface area contributed by atoms with E-state index >= 15 is 0 Å². The van der Waals surface area contributed by atoms with Crippen LogP contribution in [0.4, 0.5) is 5.69 Å². The molecule has 30 heavy (non-hydrogen) atoms. The predicted molar refractivity (Wildman–Crippen MR) is 119 cm³/mol. The summed E-state index contributed by atoms with van der Waals surface area (Å²) in [5, 5.41) is 7.47. The van der Waals surface area contributed by atoms with Crippen LogP contribution in [-0.2, 0) is 6.54 Å². The molecule has 0 radical (unpaired) electrons. The van der Waals surface area contributed by atoms with Crippen molar-refractivity contribution in [3.63, 3.8) is 0 Å². The van der Waals surface area contributed by atoms with E-state index in [2.05, 4.69) is 10.6 Å². The van der Waals surface area contributed by atoms with E-state index in [9.17, 15) is 0 Å². The van der Waals surface area contributed by atoms with Gasteiger partial charge in [0, 0.05) is 17.1 Å². The van der Waals surface area contributed by atoms with Crippen molar-refractivity contribution in [3.05, 3.63) is 47.0 Å². The van der Waals surface area contributed by atoms with Crippen molar-refractivity contribution in [2.45, 2.75) is 44.3 Å². The molecule has 1 aliphatic heterocycles. The first-order valence-corrected chi connectivity index (χ1v) is 10.6. The standard InChI is InChI=1S/C22H27ClN4O3/c1-28-19-9-7-15(23)11-18(19)27-22(26-17-5-3-2-4-16(17)24)25-12-14-6-8-20-21(10-14)30-13-29-20/h6-11,16-17H,2-5,12-13,24H2,1H3,(H2,25,26,27)/t16-,17-/m0/s1. The predicted octanol–water partition coefficient (Wildman–Crippen LogP) is 3.90. The van der Waals surface area contributed by atoms with Gasteiger partial charge in [0.1, 0.15) is 5.75 Å². The molecule has 0 bridgehead atoms. The zero-order chi connectivity index (χ0) is 20.9. The molecule has 0 spiro atoms. The smallest absolute Gasteiger partial charge is 0.231 e. The number of halogens is 1. The minimum absolute atomic E-state index is 0.0950. The van der Waals surface area contributed by atoms with E-state index in [0.29, 0.717) is 23.3 Å². The molecule has 2 aromatic carbocycles. The van der Waals surface area contributed by atoms with Gasteiger partial charge in [0.25, 0.3) is 0 Å². The summed E-state index contributed by atoms with van der Waals surface area (Å²) in [6, 6.07) is 11.5. The molecule has 0 saturated heterocycles. The Labute approximate surface area is 181 Å². The average Bonchev–Trinajstić information content (AvgIpc) is 3.22. The van der Waals surface area contributed by atoms with Crippen molar-refractivity contribution >= 4 is 23.2 Å². The number of rotatable bonds is 5. The third-order valence-electron chi connectivity index (χ3n) is 5.41. The second-order valence-electron chi connectivity index (χ2n) is 7.52. The maximum absolute atomic E-state index is 6.35. The molecule has 1 fully saturated rings. The van der Waals surface area contributed by atoms with E-state index < -0.39 is 0 Å². The molecule has 2 atom stereocenters. The molecule has 4 N–H and O–H groups in total. The third kappa shape index (κ3) is 4.91. The van der Waals surface area contributed by atoms with E-state index in [1.807, 2.05) is 30.3 Å². The highest BCUT2D eigenvalue weighted by atomic mass is 35.5. The summed E-state index contributed by atoms with van der Waals surface area (Å²) in [5.74, 6) is 2.83. The van der Waals surface area contributed by atoms with Gasteiger partial charge >= 0.3 is 0 Å². The second-order valence-corrected chi connectivity index (χ2v) is 7.96. The van der Waals surface area contributed by atoms with Gasteiger partial charge in [-0.15, -0.1) is 0 Å². The summed E-state index contributed by atoms with van der Waals surface area (Å²) in [6.45, 7) is 0.724. The number of hydrogen-bond donors (Lipinski definition) is 3. The molecular formula is C22H27ClN4O3. The number of guanidine groups is 1. The molecule has 2 aliphatic rings. The molecule has 4 rings (SSSR count).